The molecule has 0 spiro atoms. The van der Waals surface area contributed by atoms with E-state index in [9.17, 15) is 4.79 Å². The van der Waals surface area contributed by atoms with Gasteiger partial charge in [0.1, 0.15) is 0 Å². The van der Waals surface area contributed by atoms with Gasteiger partial charge < -0.3 is 11.1 Å². The number of benzene rings is 1. The van der Waals surface area contributed by atoms with Gasteiger partial charge in [-0.15, -0.1) is 0 Å². The molecule has 1 amide bonds. The molecule has 0 aliphatic heterocycles. The molecule has 0 aliphatic rings. The zero-order chi connectivity index (χ0) is 14.3. The van der Waals surface area contributed by atoms with Crippen molar-refractivity contribution in [3.05, 3.63) is 29.8 Å². The van der Waals surface area contributed by atoms with E-state index in [4.69, 9.17) is 5.73 Å². The quantitative estimate of drug-likeness (QED) is 0.790. The van der Waals surface area contributed by atoms with Crippen LogP contribution in [0.4, 0.5) is 5.69 Å². The molecule has 0 radical (unpaired) electrons. The van der Waals surface area contributed by atoms with Gasteiger partial charge in [0.05, 0.1) is 0 Å². The van der Waals surface area contributed by atoms with Crippen LogP contribution in [0.15, 0.2) is 24.3 Å². The number of hydrogen-bond acceptors (Lipinski definition) is 2. The Balaban J connectivity index is 2.42. The highest BCUT2D eigenvalue weighted by Crippen LogP contribution is 2.13. The molecule has 1 rings (SSSR count). The largest absolute Gasteiger partial charge is 0.326 e. The van der Waals surface area contributed by atoms with Crippen LogP contribution in [0.25, 0.3) is 0 Å². The fraction of sp³-hybridized carbons (Fsp3) is 0.562. The highest BCUT2D eigenvalue weighted by atomic mass is 16.1. The van der Waals surface area contributed by atoms with Crippen molar-refractivity contribution in [3.63, 3.8) is 0 Å². The molecule has 3 N–H and O–H groups in total. The number of nitrogens with two attached hydrogens (primary N) is 1. The molecule has 0 saturated carbocycles. The Morgan fingerprint density at radius 3 is 2.42 bits per heavy atom. The lowest BCUT2D eigenvalue weighted by atomic mass is 10.00. The first-order valence-electron chi connectivity index (χ1n) is 7.08. The summed E-state index contributed by atoms with van der Waals surface area (Å²) in [6.07, 6.45) is 4.66. The third kappa shape index (κ3) is 6.97. The average Bonchev–Trinajstić information content (AvgIpc) is 2.35. The Morgan fingerprint density at radius 1 is 1.26 bits per heavy atom. The van der Waals surface area contributed by atoms with E-state index in [-0.39, 0.29) is 11.4 Å². The van der Waals surface area contributed by atoms with Gasteiger partial charge in [0.15, 0.2) is 0 Å². The fourth-order valence-electron chi connectivity index (χ4n) is 1.79. The smallest absolute Gasteiger partial charge is 0.224 e. The van der Waals surface area contributed by atoms with Gasteiger partial charge in [0, 0.05) is 17.6 Å². The maximum atomic E-state index is 11.7. The third-order valence-corrected chi connectivity index (χ3v) is 3.05. The Hall–Kier alpha value is -1.35. The highest BCUT2D eigenvalue weighted by Gasteiger charge is 2.13. The molecule has 0 atom stereocenters. The van der Waals surface area contributed by atoms with Gasteiger partial charge >= 0.3 is 0 Å². The molecule has 3 heteroatoms. The summed E-state index contributed by atoms with van der Waals surface area (Å²) in [6, 6.07) is 8.10. The highest BCUT2D eigenvalue weighted by molar-refractivity contribution is 5.90. The Morgan fingerprint density at radius 2 is 1.89 bits per heavy atom. The van der Waals surface area contributed by atoms with Crippen LogP contribution in [0.5, 0.6) is 0 Å². The molecule has 106 valence electrons. The summed E-state index contributed by atoms with van der Waals surface area (Å²) < 4.78 is 0. The lowest BCUT2D eigenvalue weighted by Gasteiger charge is -2.17. The number of amides is 1. The van der Waals surface area contributed by atoms with Gasteiger partial charge in [-0.3, -0.25) is 4.79 Å². The minimum Gasteiger partial charge on any atom is -0.326 e. The summed E-state index contributed by atoms with van der Waals surface area (Å²) >= 11 is 0. The first-order chi connectivity index (χ1) is 8.90. The molecule has 0 unspecified atom stereocenters. The number of hydrogen-bond donors (Lipinski definition) is 2. The van der Waals surface area contributed by atoms with Crippen molar-refractivity contribution in [2.45, 2.75) is 58.4 Å². The summed E-state index contributed by atoms with van der Waals surface area (Å²) in [7, 11) is 0. The first kappa shape index (κ1) is 15.7. The zero-order valence-corrected chi connectivity index (χ0v) is 12.3. The van der Waals surface area contributed by atoms with Gasteiger partial charge in [-0.1, -0.05) is 25.5 Å². The molecule has 1 aromatic rings. The fourth-order valence-corrected chi connectivity index (χ4v) is 1.79. The van der Waals surface area contributed by atoms with Crippen LogP contribution in [0, 0.1) is 0 Å². The van der Waals surface area contributed by atoms with Crippen LogP contribution in [-0.4, -0.2) is 11.4 Å². The van der Waals surface area contributed by atoms with Crippen molar-refractivity contribution in [1.29, 1.82) is 0 Å². The van der Waals surface area contributed by atoms with Crippen LogP contribution in [0.1, 0.15) is 52.0 Å². The van der Waals surface area contributed by atoms with E-state index in [2.05, 4.69) is 24.4 Å². The van der Waals surface area contributed by atoms with E-state index in [0.717, 1.165) is 12.1 Å². The maximum Gasteiger partial charge on any atom is 0.224 e. The minimum absolute atomic E-state index is 0.0276. The zero-order valence-electron chi connectivity index (χ0n) is 12.3. The SMILES string of the molecule is CCCCc1ccc(NC(=O)CCC(C)(C)N)cc1. The van der Waals surface area contributed by atoms with E-state index >= 15 is 0 Å². The predicted molar refractivity (Wildman–Crippen MR) is 81.2 cm³/mol. The van der Waals surface area contributed by atoms with Crippen LogP contribution >= 0.6 is 0 Å². The van der Waals surface area contributed by atoms with E-state index in [1.165, 1.54) is 18.4 Å². The van der Waals surface area contributed by atoms with Crippen LogP contribution in [-0.2, 0) is 11.2 Å². The lowest BCUT2D eigenvalue weighted by molar-refractivity contribution is -0.116. The summed E-state index contributed by atoms with van der Waals surface area (Å²) in [5.41, 5.74) is 7.76. The number of carbonyl (C=O) groups excluding carboxylic acids is 1. The number of unbranched alkanes of at least 4 members (excludes halogenated alkanes) is 1. The van der Waals surface area contributed by atoms with E-state index in [1.807, 2.05) is 26.0 Å². The predicted octanol–water partition coefficient (Wildman–Crippen LogP) is 3.49. The minimum atomic E-state index is -0.290. The van der Waals surface area contributed by atoms with Crippen molar-refractivity contribution in [2.24, 2.45) is 5.73 Å². The molecule has 0 bridgehead atoms. The van der Waals surface area contributed by atoms with Gasteiger partial charge in [0.25, 0.3) is 0 Å². The molecule has 0 heterocycles. The summed E-state index contributed by atoms with van der Waals surface area (Å²) in [6.45, 7) is 6.05. The van der Waals surface area contributed by atoms with Gasteiger partial charge in [-0.2, -0.15) is 0 Å². The second-order valence-electron chi connectivity index (χ2n) is 5.84. The Kier molecular flexibility index (Phi) is 6.03. The third-order valence-electron chi connectivity index (χ3n) is 3.05. The first-order valence-corrected chi connectivity index (χ1v) is 7.08. The molecule has 19 heavy (non-hydrogen) atoms. The van der Waals surface area contributed by atoms with Crippen molar-refractivity contribution in [1.82, 2.24) is 0 Å². The topological polar surface area (TPSA) is 55.1 Å². The normalized spacial score (nSPS) is 11.4. The monoisotopic (exact) mass is 262 g/mol. The molecule has 0 aliphatic carbocycles. The summed E-state index contributed by atoms with van der Waals surface area (Å²) in [4.78, 5) is 11.7. The van der Waals surface area contributed by atoms with Crippen molar-refractivity contribution in [2.75, 3.05) is 5.32 Å². The number of aryl methyl sites for hydroxylation is 1. The van der Waals surface area contributed by atoms with Gasteiger partial charge in [-0.05, 0) is 50.8 Å². The Labute approximate surface area is 116 Å². The number of anilines is 1. The molecular formula is C16H26N2O. The van der Waals surface area contributed by atoms with Crippen LogP contribution in [0.2, 0.25) is 0 Å². The number of nitrogens with one attached hydrogen (secondary N) is 1. The second kappa shape index (κ2) is 7.29. The number of rotatable bonds is 7. The lowest BCUT2D eigenvalue weighted by Crippen LogP contribution is -2.33. The molecule has 0 saturated heterocycles. The van der Waals surface area contributed by atoms with E-state index < -0.39 is 0 Å². The van der Waals surface area contributed by atoms with E-state index in [1.54, 1.807) is 0 Å². The standard InChI is InChI=1S/C16H26N2O/c1-4-5-6-13-7-9-14(10-8-13)18-15(19)11-12-16(2,3)17/h7-10H,4-6,11-12,17H2,1-3H3,(H,18,19). The average molecular weight is 262 g/mol. The molecule has 0 aromatic heterocycles. The summed E-state index contributed by atoms with van der Waals surface area (Å²) in [5, 5.41) is 2.90. The molecule has 3 nitrogen and oxygen atoms in total. The second-order valence-corrected chi connectivity index (χ2v) is 5.84. The Bertz CT molecular complexity index is 390. The molecule has 1 aromatic carbocycles. The van der Waals surface area contributed by atoms with E-state index in [0.29, 0.717) is 12.8 Å². The van der Waals surface area contributed by atoms with Crippen molar-refractivity contribution >= 4 is 11.6 Å². The summed E-state index contributed by atoms with van der Waals surface area (Å²) in [5.74, 6) is 0.0276. The van der Waals surface area contributed by atoms with Crippen LogP contribution < -0.4 is 11.1 Å². The molecular weight excluding hydrogens is 236 g/mol. The maximum absolute atomic E-state index is 11.7. The van der Waals surface area contributed by atoms with Crippen LogP contribution in [0.3, 0.4) is 0 Å². The number of carbonyl (C=O) groups is 1. The van der Waals surface area contributed by atoms with Gasteiger partial charge in [-0.25, -0.2) is 0 Å². The van der Waals surface area contributed by atoms with Crippen molar-refractivity contribution < 1.29 is 4.79 Å². The van der Waals surface area contributed by atoms with Crippen molar-refractivity contribution in [3.8, 4) is 0 Å². The van der Waals surface area contributed by atoms with Gasteiger partial charge in [0.2, 0.25) is 5.91 Å². The molecule has 0 fully saturated rings.